The van der Waals surface area contributed by atoms with Gasteiger partial charge >= 0.3 is 0 Å². The first kappa shape index (κ1) is 16.3. The number of carbonyl (C=O) groups is 1. The van der Waals surface area contributed by atoms with Crippen LogP contribution in [0.1, 0.15) is 47.0 Å². The van der Waals surface area contributed by atoms with Crippen molar-refractivity contribution >= 4 is 5.91 Å². The summed E-state index contributed by atoms with van der Waals surface area (Å²) in [5.41, 5.74) is 0.293. The molecule has 4 nitrogen and oxygen atoms in total. The molecule has 1 spiro atoms. The van der Waals surface area contributed by atoms with Crippen LogP contribution in [0.2, 0.25) is 0 Å². The van der Waals surface area contributed by atoms with E-state index < -0.39 is 0 Å². The molecule has 3 aliphatic heterocycles. The molecule has 3 heterocycles. The van der Waals surface area contributed by atoms with Crippen molar-refractivity contribution in [2.45, 2.75) is 59.0 Å². The highest BCUT2D eigenvalue weighted by molar-refractivity contribution is 5.79. The van der Waals surface area contributed by atoms with Gasteiger partial charge in [0.25, 0.3) is 0 Å². The van der Waals surface area contributed by atoms with E-state index in [-0.39, 0.29) is 0 Å². The predicted octanol–water partition coefficient (Wildman–Crippen LogP) is 2.05. The minimum atomic E-state index is 0.293. The average molecular weight is 307 g/mol. The first-order chi connectivity index (χ1) is 10.4. The third kappa shape index (κ3) is 3.18. The summed E-state index contributed by atoms with van der Waals surface area (Å²) in [5.74, 6) is 1.25. The zero-order valence-corrected chi connectivity index (χ0v) is 14.8. The van der Waals surface area contributed by atoms with Crippen LogP contribution < -0.4 is 0 Å². The molecule has 3 fully saturated rings. The second-order valence-corrected chi connectivity index (χ2v) is 8.51. The molecule has 22 heavy (non-hydrogen) atoms. The topological polar surface area (TPSA) is 26.8 Å². The van der Waals surface area contributed by atoms with Gasteiger partial charge in [-0.15, -0.1) is 0 Å². The van der Waals surface area contributed by atoms with Crippen molar-refractivity contribution in [3.63, 3.8) is 0 Å². The summed E-state index contributed by atoms with van der Waals surface area (Å²) >= 11 is 0. The van der Waals surface area contributed by atoms with E-state index >= 15 is 0 Å². The molecular weight excluding hydrogens is 274 g/mol. The molecule has 1 amide bonds. The summed E-state index contributed by atoms with van der Waals surface area (Å²) in [6.45, 7) is 16.1. The van der Waals surface area contributed by atoms with Crippen LogP contribution in [0.25, 0.3) is 0 Å². The van der Waals surface area contributed by atoms with Crippen molar-refractivity contribution in [1.82, 2.24) is 14.7 Å². The fourth-order valence-corrected chi connectivity index (χ4v) is 4.46. The summed E-state index contributed by atoms with van der Waals surface area (Å²) < 4.78 is 0. The highest BCUT2D eigenvalue weighted by Crippen LogP contribution is 2.41. The van der Waals surface area contributed by atoms with Gasteiger partial charge in [0.2, 0.25) is 5.91 Å². The van der Waals surface area contributed by atoms with Crippen LogP contribution in [0.15, 0.2) is 0 Å². The number of rotatable bonds is 4. The summed E-state index contributed by atoms with van der Waals surface area (Å²) in [4.78, 5) is 19.5. The molecule has 3 saturated heterocycles. The molecule has 0 N–H and O–H groups in total. The highest BCUT2D eigenvalue weighted by Gasteiger charge is 2.45. The molecule has 0 saturated carbocycles. The van der Waals surface area contributed by atoms with Crippen LogP contribution in [0.4, 0.5) is 0 Å². The number of amides is 1. The summed E-state index contributed by atoms with van der Waals surface area (Å²) in [6, 6.07) is 1.06. The van der Waals surface area contributed by atoms with Gasteiger partial charge in [-0.2, -0.15) is 0 Å². The Morgan fingerprint density at radius 1 is 1.09 bits per heavy atom. The van der Waals surface area contributed by atoms with E-state index in [0.29, 0.717) is 23.4 Å². The van der Waals surface area contributed by atoms with Crippen molar-refractivity contribution < 1.29 is 4.79 Å². The fourth-order valence-electron chi connectivity index (χ4n) is 4.46. The number of likely N-dealkylation sites (tertiary alicyclic amines) is 3. The molecule has 3 rings (SSSR count). The molecule has 4 heteroatoms. The van der Waals surface area contributed by atoms with E-state index in [4.69, 9.17) is 0 Å². The van der Waals surface area contributed by atoms with Crippen LogP contribution in [0, 0.1) is 11.3 Å². The molecule has 0 aromatic rings. The standard InChI is InChI=1S/C18H33N3O/c1-14(2)20-11-16(12-20)10-19-7-5-18(6-8-19)9-17(22)21(13-18)15(3)4/h14-16H,5-13H2,1-4H3. The Hall–Kier alpha value is -0.610. The van der Waals surface area contributed by atoms with Gasteiger partial charge in [0, 0.05) is 44.7 Å². The Morgan fingerprint density at radius 3 is 2.23 bits per heavy atom. The summed E-state index contributed by atoms with van der Waals surface area (Å²) in [7, 11) is 0. The number of hydrogen-bond donors (Lipinski definition) is 0. The van der Waals surface area contributed by atoms with E-state index in [1.54, 1.807) is 0 Å². The van der Waals surface area contributed by atoms with Gasteiger partial charge in [-0.25, -0.2) is 0 Å². The Morgan fingerprint density at radius 2 is 1.73 bits per heavy atom. The number of nitrogens with zero attached hydrogens (tertiary/aromatic N) is 3. The van der Waals surface area contributed by atoms with E-state index in [2.05, 4.69) is 42.4 Å². The molecule has 0 aliphatic carbocycles. The largest absolute Gasteiger partial charge is 0.340 e. The third-order valence-electron chi connectivity index (χ3n) is 6.12. The van der Waals surface area contributed by atoms with Crippen LogP contribution in [0.5, 0.6) is 0 Å². The average Bonchev–Trinajstić information content (AvgIpc) is 2.72. The predicted molar refractivity (Wildman–Crippen MR) is 89.8 cm³/mol. The van der Waals surface area contributed by atoms with Crippen molar-refractivity contribution in [2.24, 2.45) is 11.3 Å². The number of carbonyl (C=O) groups excluding carboxylic acids is 1. The zero-order valence-electron chi connectivity index (χ0n) is 14.8. The molecule has 3 aliphatic rings. The smallest absolute Gasteiger partial charge is 0.223 e. The normalized spacial score (nSPS) is 27.4. The Kier molecular flexibility index (Phi) is 4.52. The third-order valence-corrected chi connectivity index (χ3v) is 6.12. The minimum absolute atomic E-state index is 0.293. The Balaban J connectivity index is 1.45. The van der Waals surface area contributed by atoms with Crippen LogP contribution >= 0.6 is 0 Å². The van der Waals surface area contributed by atoms with Crippen molar-refractivity contribution in [2.75, 3.05) is 39.3 Å². The van der Waals surface area contributed by atoms with Crippen molar-refractivity contribution in [3.8, 4) is 0 Å². The van der Waals surface area contributed by atoms with Gasteiger partial charge in [-0.05, 0) is 65.0 Å². The van der Waals surface area contributed by atoms with Gasteiger partial charge in [-0.3, -0.25) is 4.79 Å². The van der Waals surface area contributed by atoms with Crippen molar-refractivity contribution in [1.29, 1.82) is 0 Å². The first-order valence-electron chi connectivity index (χ1n) is 9.14. The van der Waals surface area contributed by atoms with E-state index in [1.807, 2.05) is 0 Å². The molecule has 0 aromatic heterocycles. The fraction of sp³-hybridized carbons (Fsp3) is 0.944. The molecule has 0 unspecified atom stereocenters. The van der Waals surface area contributed by atoms with Gasteiger partial charge < -0.3 is 14.7 Å². The SMILES string of the molecule is CC(C)N1CC(CN2CCC3(CC2)CC(=O)N(C(C)C)C3)C1. The molecular formula is C18H33N3O. The second kappa shape index (κ2) is 6.12. The molecule has 0 aromatic carbocycles. The van der Waals surface area contributed by atoms with Crippen LogP contribution in [0.3, 0.4) is 0 Å². The summed E-state index contributed by atoms with van der Waals surface area (Å²) in [6.07, 6.45) is 3.22. The van der Waals surface area contributed by atoms with Crippen LogP contribution in [-0.4, -0.2) is 72.0 Å². The quantitative estimate of drug-likeness (QED) is 0.795. The number of piperidine rings is 1. The van der Waals surface area contributed by atoms with Gasteiger partial charge in [-0.1, -0.05) is 0 Å². The zero-order chi connectivity index (χ0) is 15.9. The number of hydrogen-bond acceptors (Lipinski definition) is 3. The van der Waals surface area contributed by atoms with Crippen molar-refractivity contribution in [3.05, 3.63) is 0 Å². The minimum Gasteiger partial charge on any atom is -0.340 e. The maximum absolute atomic E-state index is 12.2. The highest BCUT2D eigenvalue weighted by atomic mass is 16.2. The lowest BCUT2D eigenvalue weighted by Gasteiger charge is -2.46. The van der Waals surface area contributed by atoms with E-state index in [0.717, 1.165) is 18.9 Å². The maximum Gasteiger partial charge on any atom is 0.223 e. The Bertz CT molecular complexity index is 407. The first-order valence-corrected chi connectivity index (χ1v) is 9.14. The summed E-state index contributed by atoms with van der Waals surface area (Å²) in [5, 5.41) is 0. The second-order valence-electron chi connectivity index (χ2n) is 8.51. The van der Waals surface area contributed by atoms with E-state index in [1.165, 1.54) is 45.6 Å². The monoisotopic (exact) mass is 307 g/mol. The van der Waals surface area contributed by atoms with E-state index in [9.17, 15) is 4.79 Å². The molecule has 126 valence electrons. The van der Waals surface area contributed by atoms with Gasteiger partial charge in [0.05, 0.1) is 0 Å². The van der Waals surface area contributed by atoms with Gasteiger partial charge in [0.15, 0.2) is 0 Å². The lowest BCUT2D eigenvalue weighted by atomic mass is 9.77. The molecule has 0 radical (unpaired) electrons. The van der Waals surface area contributed by atoms with Crippen LogP contribution in [-0.2, 0) is 4.79 Å². The molecule has 0 atom stereocenters. The lowest BCUT2D eigenvalue weighted by Crippen LogP contribution is -2.55. The molecule has 0 bridgehead atoms. The Labute approximate surface area is 135 Å². The van der Waals surface area contributed by atoms with Gasteiger partial charge in [0.1, 0.15) is 0 Å². The maximum atomic E-state index is 12.2. The lowest BCUT2D eigenvalue weighted by molar-refractivity contribution is -0.129.